The van der Waals surface area contributed by atoms with Crippen LogP contribution in [-0.4, -0.2) is 30.9 Å². The quantitative estimate of drug-likeness (QED) is 0.596. The van der Waals surface area contributed by atoms with E-state index in [9.17, 15) is 9.59 Å². The van der Waals surface area contributed by atoms with Gasteiger partial charge in [-0.25, -0.2) is 9.59 Å². The number of esters is 1. The molecule has 146 valence electrons. The first-order valence-electron chi connectivity index (χ1n) is 9.24. The van der Waals surface area contributed by atoms with Crippen molar-refractivity contribution in [3.63, 3.8) is 0 Å². The summed E-state index contributed by atoms with van der Waals surface area (Å²) in [5.41, 5.74) is 1.61. The van der Waals surface area contributed by atoms with Crippen LogP contribution in [0.15, 0.2) is 24.3 Å². The number of hydrogen-bond acceptors (Lipinski definition) is 5. The molecule has 5 heteroatoms. The fourth-order valence-electron chi connectivity index (χ4n) is 2.38. The highest BCUT2D eigenvalue weighted by Crippen LogP contribution is 2.15. The van der Waals surface area contributed by atoms with E-state index >= 15 is 0 Å². The maximum Gasteiger partial charge on any atom is 0.508 e. The lowest BCUT2D eigenvalue weighted by atomic mass is 9.99. The van der Waals surface area contributed by atoms with Crippen LogP contribution < -0.4 is 0 Å². The van der Waals surface area contributed by atoms with Crippen molar-refractivity contribution < 1.29 is 23.8 Å². The standard InChI is InChI=1S/C21H32O5/c1-7-8-17-9-11-18(12-10-17)19(22)25-15(2)13-16(3)26-20(23)24-14-21(4,5)6/h9-12,15-16H,7-8,13-14H2,1-6H3. The molecule has 0 N–H and O–H groups in total. The third kappa shape index (κ3) is 8.88. The fourth-order valence-corrected chi connectivity index (χ4v) is 2.38. The number of aryl methyl sites for hydroxylation is 1. The molecular weight excluding hydrogens is 332 g/mol. The van der Waals surface area contributed by atoms with Crippen molar-refractivity contribution in [1.82, 2.24) is 0 Å². The van der Waals surface area contributed by atoms with Crippen LogP contribution in [0.5, 0.6) is 0 Å². The molecule has 2 unspecified atom stereocenters. The Labute approximate surface area is 157 Å². The van der Waals surface area contributed by atoms with Crippen LogP contribution in [-0.2, 0) is 20.6 Å². The van der Waals surface area contributed by atoms with E-state index in [0.29, 0.717) is 12.0 Å². The van der Waals surface area contributed by atoms with Gasteiger partial charge >= 0.3 is 12.1 Å². The molecule has 0 spiro atoms. The van der Waals surface area contributed by atoms with Gasteiger partial charge in [-0.15, -0.1) is 0 Å². The van der Waals surface area contributed by atoms with E-state index in [-0.39, 0.29) is 24.1 Å². The number of ether oxygens (including phenoxy) is 3. The summed E-state index contributed by atoms with van der Waals surface area (Å²) >= 11 is 0. The highest BCUT2D eigenvalue weighted by atomic mass is 16.7. The van der Waals surface area contributed by atoms with Gasteiger partial charge in [0.05, 0.1) is 12.2 Å². The molecule has 0 heterocycles. The van der Waals surface area contributed by atoms with Crippen molar-refractivity contribution in [1.29, 1.82) is 0 Å². The molecule has 1 rings (SSSR count). The number of benzene rings is 1. The van der Waals surface area contributed by atoms with Crippen LogP contribution in [0.1, 0.15) is 70.3 Å². The molecule has 0 radical (unpaired) electrons. The first kappa shape index (κ1) is 22.0. The molecule has 0 aliphatic rings. The van der Waals surface area contributed by atoms with Crippen molar-refractivity contribution in [2.45, 2.75) is 73.0 Å². The lowest BCUT2D eigenvalue weighted by molar-refractivity contribution is -0.00824. The molecule has 26 heavy (non-hydrogen) atoms. The summed E-state index contributed by atoms with van der Waals surface area (Å²) in [5.74, 6) is -0.372. The number of carbonyl (C=O) groups is 2. The summed E-state index contributed by atoms with van der Waals surface area (Å²) in [5, 5.41) is 0. The Balaban J connectivity index is 2.41. The average molecular weight is 364 g/mol. The SMILES string of the molecule is CCCc1ccc(C(=O)OC(C)CC(C)OC(=O)OCC(C)(C)C)cc1. The molecule has 0 aliphatic carbocycles. The summed E-state index contributed by atoms with van der Waals surface area (Å²) in [6, 6.07) is 7.46. The van der Waals surface area contributed by atoms with Gasteiger partial charge in [0.15, 0.2) is 0 Å². The van der Waals surface area contributed by atoms with Crippen molar-refractivity contribution >= 4 is 12.1 Å². The maximum atomic E-state index is 12.2. The van der Waals surface area contributed by atoms with E-state index in [1.165, 1.54) is 5.56 Å². The van der Waals surface area contributed by atoms with Gasteiger partial charge in [-0.3, -0.25) is 0 Å². The van der Waals surface area contributed by atoms with Gasteiger partial charge < -0.3 is 14.2 Å². The summed E-state index contributed by atoms with van der Waals surface area (Å²) in [6.07, 6.45) is 0.991. The minimum Gasteiger partial charge on any atom is -0.459 e. The smallest absolute Gasteiger partial charge is 0.459 e. The average Bonchev–Trinajstić information content (AvgIpc) is 2.53. The van der Waals surface area contributed by atoms with E-state index in [4.69, 9.17) is 14.2 Å². The molecule has 0 amide bonds. The monoisotopic (exact) mass is 364 g/mol. The molecular formula is C21H32O5. The number of carbonyl (C=O) groups excluding carboxylic acids is 2. The second-order valence-electron chi connectivity index (χ2n) is 7.93. The van der Waals surface area contributed by atoms with Gasteiger partial charge in [-0.1, -0.05) is 46.2 Å². The minimum atomic E-state index is -0.697. The van der Waals surface area contributed by atoms with Crippen LogP contribution in [0.2, 0.25) is 0 Å². The third-order valence-corrected chi connectivity index (χ3v) is 3.62. The highest BCUT2D eigenvalue weighted by molar-refractivity contribution is 5.89. The molecule has 0 saturated carbocycles. The van der Waals surface area contributed by atoms with Crippen LogP contribution in [0.25, 0.3) is 0 Å². The Morgan fingerprint density at radius 3 is 2.12 bits per heavy atom. The summed E-state index contributed by atoms with van der Waals surface area (Å²) < 4.78 is 15.7. The van der Waals surface area contributed by atoms with Crippen LogP contribution >= 0.6 is 0 Å². The molecule has 1 aromatic carbocycles. The lowest BCUT2D eigenvalue weighted by Gasteiger charge is -2.21. The lowest BCUT2D eigenvalue weighted by Crippen LogP contribution is -2.25. The first-order valence-corrected chi connectivity index (χ1v) is 9.24. The third-order valence-electron chi connectivity index (χ3n) is 3.62. The zero-order valence-electron chi connectivity index (χ0n) is 16.8. The largest absolute Gasteiger partial charge is 0.508 e. The van der Waals surface area contributed by atoms with Crippen molar-refractivity contribution in [2.75, 3.05) is 6.61 Å². The number of rotatable bonds is 8. The van der Waals surface area contributed by atoms with E-state index in [2.05, 4.69) is 6.92 Å². The van der Waals surface area contributed by atoms with Gasteiger partial charge in [0.2, 0.25) is 0 Å². The molecule has 5 nitrogen and oxygen atoms in total. The Hall–Kier alpha value is -2.04. The van der Waals surface area contributed by atoms with Gasteiger partial charge in [0, 0.05) is 6.42 Å². The molecule has 1 aromatic rings. The molecule has 2 atom stereocenters. The Bertz CT molecular complexity index is 571. The van der Waals surface area contributed by atoms with E-state index in [0.717, 1.165) is 12.8 Å². The Morgan fingerprint density at radius 1 is 1.00 bits per heavy atom. The van der Waals surface area contributed by atoms with Crippen molar-refractivity contribution in [2.24, 2.45) is 5.41 Å². The topological polar surface area (TPSA) is 61.8 Å². The van der Waals surface area contributed by atoms with Gasteiger partial charge in [0.25, 0.3) is 0 Å². The van der Waals surface area contributed by atoms with Gasteiger partial charge in [-0.05, 0) is 43.4 Å². The highest BCUT2D eigenvalue weighted by Gasteiger charge is 2.20. The van der Waals surface area contributed by atoms with Gasteiger partial charge in [-0.2, -0.15) is 0 Å². The predicted molar refractivity (Wildman–Crippen MR) is 101 cm³/mol. The van der Waals surface area contributed by atoms with Crippen LogP contribution in [0, 0.1) is 5.41 Å². The summed E-state index contributed by atoms with van der Waals surface area (Å²) in [4.78, 5) is 23.8. The minimum absolute atomic E-state index is 0.113. The molecule has 0 aromatic heterocycles. The van der Waals surface area contributed by atoms with E-state index in [1.54, 1.807) is 26.0 Å². The second kappa shape index (κ2) is 10.2. The van der Waals surface area contributed by atoms with Crippen LogP contribution in [0.4, 0.5) is 4.79 Å². The second-order valence-corrected chi connectivity index (χ2v) is 7.93. The van der Waals surface area contributed by atoms with Gasteiger partial charge in [0.1, 0.15) is 12.2 Å². The number of hydrogen-bond donors (Lipinski definition) is 0. The summed E-state index contributed by atoms with van der Waals surface area (Å²) in [7, 11) is 0. The Kier molecular flexibility index (Phi) is 8.62. The van der Waals surface area contributed by atoms with Crippen LogP contribution in [0.3, 0.4) is 0 Å². The first-order chi connectivity index (χ1) is 12.1. The maximum absolute atomic E-state index is 12.2. The zero-order valence-corrected chi connectivity index (χ0v) is 16.8. The molecule has 0 aliphatic heterocycles. The zero-order chi connectivity index (χ0) is 19.7. The molecule has 0 bridgehead atoms. The van der Waals surface area contributed by atoms with Crippen molar-refractivity contribution in [3.05, 3.63) is 35.4 Å². The van der Waals surface area contributed by atoms with E-state index in [1.807, 2.05) is 32.9 Å². The van der Waals surface area contributed by atoms with E-state index < -0.39 is 12.3 Å². The summed E-state index contributed by atoms with van der Waals surface area (Å²) in [6.45, 7) is 11.9. The molecule has 0 saturated heterocycles. The Morgan fingerprint density at radius 2 is 1.58 bits per heavy atom. The normalized spacial score (nSPS) is 13.6. The fraction of sp³-hybridized carbons (Fsp3) is 0.619. The van der Waals surface area contributed by atoms with Crippen molar-refractivity contribution in [3.8, 4) is 0 Å². The molecule has 0 fully saturated rings. The predicted octanol–water partition coefficient (Wildman–Crippen LogP) is 5.16.